The highest BCUT2D eigenvalue weighted by Crippen LogP contribution is 2.27. The third kappa shape index (κ3) is 5.17. The standard InChI is InChI=1S/C21H22N4O5S2/c1-5-14-8-13(10-31-14)18-23-24-21(25(18)2)32-11-17(26)22-16-9-12(19(27)29-3)6-7-15(16)20(28)30-4/h6-10H,5,11H2,1-4H3,(H,22,26). The maximum absolute atomic E-state index is 12.6. The van der Waals surface area contributed by atoms with E-state index in [2.05, 4.69) is 28.5 Å². The molecular weight excluding hydrogens is 452 g/mol. The number of thioether (sulfide) groups is 1. The van der Waals surface area contributed by atoms with Gasteiger partial charge in [-0.2, -0.15) is 0 Å². The first-order valence-corrected chi connectivity index (χ1v) is 11.4. The zero-order valence-electron chi connectivity index (χ0n) is 18.0. The van der Waals surface area contributed by atoms with Gasteiger partial charge in [0, 0.05) is 22.9 Å². The number of carbonyl (C=O) groups excluding carboxylic acids is 3. The van der Waals surface area contributed by atoms with E-state index in [-0.39, 0.29) is 28.5 Å². The lowest BCUT2D eigenvalue weighted by atomic mass is 10.1. The van der Waals surface area contributed by atoms with Crippen LogP contribution in [0.15, 0.2) is 34.8 Å². The number of benzene rings is 1. The average molecular weight is 475 g/mol. The van der Waals surface area contributed by atoms with E-state index < -0.39 is 11.9 Å². The highest BCUT2D eigenvalue weighted by atomic mass is 32.2. The van der Waals surface area contributed by atoms with E-state index >= 15 is 0 Å². The molecule has 0 aliphatic heterocycles. The third-order valence-electron chi connectivity index (χ3n) is 4.55. The summed E-state index contributed by atoms with van der Waals surface area (Å²) in [6, 6.07) is 6.29. The molecule has 0 unspecified atom stereocenters. The number of nitrogens with one attached hydrogen (secondary N) is 1. The van der Waals surface area contributed by atoms with Gasteiger partial charge in [-0.3, -0.25) is 4.79 Å². The summed E-state index contributed by atoms with van der Waals surface area (Å²) >= 11 is 2.88. The Morgan fingerprint density at radius 3 is 2.53 bits per heavy atom. The normalized spacial score (nSPS) is 10.6. The molecule has 3 aromatic rings. The molecule has 2 aromatic heterocycles. The van der Waals surface area contributed by atoms with Gasteiger partial charge in [0.05, 0.1) is 36.8 Å². The topological polar surface area (TPSA) is 112 Å². The quantitative estimate of drug-likeness (QED) is 0.390. The van der Waals surface area contributed by atoms with Crippen molar-refractivity contribution >= 4 is 46.6 Å². The van der Waals surface area contributed by atoms with Gasteiger partial charge < -0.3 is 19.4 Å². The van der Waals surface area contributed by atoms with E-state index in [4.69, 9.17) is 9.47 Å². The van der Waals surface area contributed by atoms with Gasteiger partial charge in [0.1, 0.15) is 0 Å². The third-order valence-corrected chi connectivity index (χ3v) is 6.65. The van der Waals surface area contributed by atoms with Gasteiger partial charge in [-0.25, -0.2) is 9.59 Å². The number of methoxy groups -OCH3 is 2. The van der Waals surface area contributed by atoms with Crippen LogP contribution in [0.3, 0.4) is 0 Å². The van der Waals surface area contributed by atoms with Crippen LogP contribution in [0.25, 0.3) is 11.4 Å². The molecule has 3 rings (SSSR count). The van der Waals surface area contributed by atoms with Crippen LogP contribution >= 0.6 is 23.1 Å². The number of ether oxygens (including phenoxy) is 2. The molecule has 0 atom stereocenters. The van der Waals surface area contributed by atoms with Crippen molar-refractivity contribution in [2.45, 2.75) is 18.5 Å². The summed E-state index contributed by atoms with van der Waals surface area (Å²) in [6.07, 6.45) is 0.953. The molecule has 0 bridgehead atoms. The SMILES string of the molecule is CCc1cc(-c2nnc(SCC(=O)Nc3cc(C(=O)OC)ccc3C(=O)OC)n2C)cs1. The molecule has 0 aliphatic carbocycles. The van der Waals surface area contributed by atoms with Crippen molar-refractivity contribution in [1.29, 1.82) is 0 Å². The van der Waals surface area contributed by atoms with Crippen LogP contribution in [0.5, 0.6) is 0 Å². The van der Waals surface area contributed by atoms with Crippen LogP contribution < -0.4 is 5.32 Å². The van der Waals surface area contributed by atoms with Crippen molar-refractivity contribution < 1.29 is 23.9 Å². The van der Waals surface area contributed by atoms with Crippen molar-refractivity contribution in [3.63, 3.8) is 0 Å². The number of aryl methyl sites for hydroxylation is 1. The molecule has 0 fully saturated rings. The maximum atomic E-state index is 12.6. The van der Waals surface area contributed by atoms with Gasteiger partial charge in [-0.1, -0.05) is 18.7 Å². The molecule has 1 N–H and O–H groups in total. The Morgan fingerprint density at radius 1 is 1.12 bits per heavy atom. The van der Waals surface area contributed by atoms with Crippen LogP contribution in [0.1, 0.15) is 32.5 Å². The van der Waals surface area contributed by atoms with Crippen LogP contribution in [-0.2, 0) is 27.7 Å². The molecule has 0 spiro atoms. The number of thiophene rings is 1. The van der Waals surface area contributed by atoms with Gasteiger partial charge in [0.15, 0.2) is 11.0 Å². The summed E-state index contributed by atoms with van der Waals surface area (Å²) in [5.74, 6) is -0.848. The highest BCUT2D eigenvalue weighted by molar-refractivity contribution is 7.99. The Labute approximate surface area is 193 Å². The van der Waals surface area contributed by atoms with Crippen molar-refractivity contribution in [3.8, 4) is 11.4 Å². The summed E-state index contributed by atoms with van der Waals surface area (Å²) in [4.78, 5) is 37.7. The van der Waals surface area contributed by atoms with Crippen LogP contribution in [0.2, 0.25) is 0 Å². The fourth-order valence-corrected chi connectivity index (χ4v) is 4.40. The molecule has 0 radical (unpaired) electrons. The van der Waals surface area contributed by atoms with E-state index in [0.29, 0.717) is 5.16 Å². The van der Waals surface area contributed by atoms with Crippen LogP contribution in [0.4, 0.5) is 5.69 Å². The molecule has 168 valence electrons. The second-order valence-corrected chi connectivity index (χ2v) is 8.54. The monoisotopic (exact) mass is 474 g/mol. The highest BCUT2D eigenvalue weighted by Gasteiger charge is 2.19. The second kappa shape index (κ2) is 10.4. The molecule has 1 amide bonds. The number of aromatic nitrogens is 3. The zero-order valence-corrected chi connectivity index (χ0v) is 19.6. The van der Waals surface area contributed by atoms with Gasteiger partial charge in [0.2, 0.25) is 5.91 Å². The molecular formula is C21H22N4O5S2. The first kappa shape index (κ1) is 23.5. The minimum Gasteiger partial charge on any atom is -0.465 e. The van der Waals surface area contributed by atoms with Gasteiger partial charge in [0.25, 0.3) is 0 Å². The molecule has 32 heavy (non-hydrogen) atoms. The maximum Gasteiger partial charge on any atom is 0.339 e. The number of anilines is 1. The Balaban J connectivity index is 1.72. The lowest BCUT2D eigenvalue weighted by Crippen LogP contribution is -2.18. The predicted octanol–water partition coefficient (Wildman–Crippen LogP) is 3.41. The molecule has 11 heteroatoms. The summed E-state index contributed by atoms with van der Waals surface area (Å²) in [5, 5.41) is 13.7. The largest absolute Gasteiger partial charge is 0.465 e. The van der Waals surface area contributed by atoms with Crippen molar-refractivity contribution in [2.75, 3.05) is 25.3 Å². The van der Waals surface area contributed by atoms with Gasteiger partial charge in [-0.05, 0) is 30.7 Å². The van der Waals surface area contributed by atoms with E-state index in [9.17, 15) is 14.4 Å². The summed E-state index contributed by atoms with van der Waals surface area (Å²) in [5.41, 5.74) is 1.47. The number of rotatable bonds is 8. The molecule has 9 nitrogen and oxygen atoms in total. The number of esters is 2. The Morgan fingerprint density at radius 2 is 1.88 bits per heavy atom. The molecule has 1 aromatic carbocycles. The number of nitrogens with zero attached hydrogens (tertiary/aromatic N) is 3. The predicted molar refractivity (Wildman–Crippen MR) is 122 cm³/mol. The number of hydrogen-bond donors (Lipinski definition) is 1. The zero-order chi connectivity index (χ0) is 23.3. The summed E-state index contributed by atoms with van der Waals surface area (Å²) in [7, 11) is 4.33. The fraction of sp³-hybridized carbons (Fsp3) is 0.286. The minimum atomic E-state index is -0.635. The van der Waals surface area contributed by atoms with Crippen molar-refractivity contribution in [3.05, 3.63) is 45.6 Å². The minimum absolute atomic E-state index is 0.0267. The molecule has 2 heterocycles. The first-order chi connectivity index (χ1) is 15.4. The second-order valence-electron chi connectivity index (χ2n) is 6.60. The van der Waals surface area contributed by atoms with Gasteiger partial charge >= 0.3 is 11.9 Å². The summed E-state index contributed by atoms with van der Waals surface area (Å²) in [6.45, 7) is 2.10. The molecule has 0 saturated carbocycles. The Hall–Kier alpha value is -3.18. The van der Waals surface area contributed by atoms with E-state index in [0.717, 1.165) is 17.8 Å². The molecule has 0 aliphatic rings. The lowest BCUT2D eigenvalue weighted by molar-refractivity contribution is -0.113. The van der Waals surface area contributed by atoms with E-state index in [1.165, 1.54) is 49.1 Å². The lowest BCUT2D eigenvalue weighted by Gasteiger charge is -2.11. The number of carbonyl (C=O) groups is 3. The fourth-order valence-electron chi connectivity index (χ4n) is 2.87. The molecule has 0 saturated heterocycles. The Bertz CT molecular complexity index is 1160. The Kier molecular flexibility index (Phi) is 7.65. The van der Waals surface area contributed by atoms with E-state index in [1.807, 2.05) is 17.0 Å². The first-order valence-electron chi connectivity index (χ1n) is 9.58. The average Bonchev–Trinajstić information content (AvgIpc) is 3.42. The number of hydrogen-bond acceptors (Lipinski definition) is 9. The number of amides is 1. The smallest absolute Gasteiger partial charge is 0.339 e. The van der Waals surface area contributed by atoms with Crippen molar-refractivity contribution in [1.82, 2.24) is 14.8 Å². The van der Waals surface area contributed by atoms with Crippen molar-refractivity contribution in [2.24, 2.45) is 7.05 Å². The van der Waals surface area contributed by atoms with Gasteiger partial charge in [-0.15, -0.1) is 21.5 Å². The van der Waals surface area contributed by atoms with E-state index in [1.54, 1.807) is 11.3 Å². The van der Waals surface area contributed by atoms with Crippen LogP contribution in [0, 0.1) is 0 Å². The van der Waals surface area contributed by atoms with Crippen LogP contribution in [-0.4, -0.2) is 52.6 Å². The summed E-state index contributed by atoms with van der Waals surface area (Å²) < 4.78 is 11.3.